The van der Waals surface area contributed by atoms with Gasteiger partial charge in [0.15, 0.2) is 0 Å². The van der Waals surface area contributed by atoms with E-state index in [-0.39, 0.29) is 5.41 Å². The van der Waals surface area contributed by atoms with E-state index in [9.17, 15) is 0 Å². The van der Waals surface area contributed by atoms with Crippen molar-refractivity contribution in [3.05, 3.63) is 71.3 Å². The highest BCUT2D eigenvalue weighted by atomic mass is 32.1. The zero-order chi connectivity index (χ0) is 23.7. The third kappa shape index (κ3) is 3.81. The van der Waals surface area contributed by atoms with Crippen molar-refractivity contribution in [1.29, 1.82) is 0 Å². The molecule has 0 aliphatic rings. The standard InChI is InChI=1S/C30H33NSSi/c1-18-13-19(2)27-25(14-18)31-28(23-17-26(32-29(23)27)33(6,7)8)21-15-20-11-9-10-12-22(20)24(16-21)30(3,4)5/h9-17H,1-8H3. The lowest BCUT2D eigenvalue weighted by molar-refractivity contribution is 0.596. The van der Waals surface area contributed by atoms with Crippen LogP contribution >= 0.6 is 11.3 Å². The Balaban J connectivity index is 1.94. The molecule has 0 N–H and O–H groups in total. The van der Waals surface area contributed by atoms with Crippen LogP contribution in [0.15, 0.2) is 54.6 Å². The van der Waals surface area contributed by atoms with Gasteiger partial charge in [0.1, 0.15) is 0 Å². The highest BCUT2D eigenvalue weighted by Gasteiger charge is 2.24. The number of rotatable bonds is 2. The summed E-state index contributed by atoms with van der Waals surface area (Å²) in [6.07, 6.45) is 0. The highest BCUT2D eigenvalue weighted by molar-refractivity contribution is 7.32. The van der Waals surface area contributed by atoms with Gasteiger partial charge in [0.05, 0.1) is 19.3 Å². The first-order valence-corrected chi connectivity index (χ1v) is 16.1. The first-order valence-electron chi connectivity index (χ1n) is 11.8. The molecule has 0 fully saturated rings. The van der Waals surface area contributed by atoms with Gasteiger partial charge < -0.3 is 0 Å². The number of aryl methyl sites for hydroxylation is 2. The maximum Gasteiger partial charge on any atom is 0.0904 e. The second-order valence-corrected chi connectivity index (χ2v) is 18.0. The van der Waals surface area contributed by atoms with Gasteiger partial charge in [-0.15, -0.1) is 11.3 Å². The lowest BCUT2D eigenvalue weighted by atomic mass is 9.82. The van der Waals surface area contributed by atoms with Crippen molar-refractivity contribution in [3.8, 4) is 11.3 Å². The van der Waals surface area contributed by atoms with Gasteiger partial charge in [-0.1, -0.05) is 70.7 Å². The molecular weight excluding hydrogens is 434 g/mol. The van der Waals surface area contributed by atoms with Crippen LogP contribution < -0.4 is 4.50 Å². The quantitative estimate of drug-likeness (QED) is 0.236. The van der Waals surface area contributed by atoms with Crippen molar-refractivity contribution in [2.75, 3.05) is 0 Å². The average molecular weight is 468 g/mol. The van der Waals surface area contributed by atoms with E-state index in [4.69, 9.17) is 4.98 Å². The Hall–Kier alpha value is -2.49. The first-order chi connectivity index (χ1) is 15.4. The SMILES string of the molecule is Cc1cc(C)c2c(c1)nc(-c1cc(C(C)(C)C)c3ccccc3c1)c1cc([Si](C)(C)C)sc12. The molecule has 5 aromatic rings. The Morgan fingerprint density at radius 2 is 1.58 bits per heavy atom. The summed E-state index contributed by atoms with van der Waals surface area (Å²) in [5.74, 6) is 0. The fourth-order valence-electron chi connectivity index (χ4n) is 4.92. The second kappa shape index (κ2) is 7.51. The molecule has 0 radical (unpaired) electrons. The number of fused-ring (bicyclic) bond motifs is 4. The third-order valence-electron chi connectivity index (χ3n) is 6.59. The minimum Gasteiger partial charge on any atom is -0.247 e. The predicted molar refractivity (Wildman–Crippen MR) is 151 cm³/mol. The Morgan fingerprint density at radius 1 is 0.848 bits per heavy atom. The molecule has 0 amide bonds. The van der Waals surface area contributed by atoms with Crippen LogP contribution in [-0.4, -0.2) is 13.1 Å². The van der Waals surface area contributed by atoms with Gasteiger partial charge in [0.2, 0.25) is 0 Å². The predicted octanol–water partition coefficient (Wildman–Crippen LogP) is 8.73. The fourth-order valence-corrected chi connectivity index (χ4v) is 8.06. The van der Waals surface area contributed by atoms with Crippen LogP contribution in [0.25, 0.3) is 43.0 Å². The van der Waals surface area contributed by atoms with Crippen LogP contribution in [0.2, 0.25) is 19.6 Å². The molecular formula is C30H33NSSi. The van der Waals surface area contributed by atoms with Gasteiger partial charge in [-0.05, 0) is 75.5 Å². The maximum atomic E-state index is 5.34. The molecule has 168 valence electrons. The highest BCUT2D eigenvalue weighted by Crippen LogP contribution is 2.40. The topological polar surface area (TPSA) is 12.9 Å². The zero-order valence-electron chi connectivity index (χ0n) is 21.1. The number of pyridine rings is 1. The lowest BCUT2D eigenvalue weighted by Crippen LogP contribution is -2.34. The molecule has 0 saturated carbocycles. The van der Waals surface area contributed by atoms with Gasteiger partial charge in [-0.2, -0.15) is 0 Å². The molecule has 5 rings (SSSR count). The van der Waals surface area contributed by atoms with Crippen LogP contribution in [0.5, 0.6) is 0 Å². The summed E-state index contributed by atoms with van der Waals surface area (Å²) < 4.78 is 2.94. The number of benzene rings is 3. The monoisotopic (exact) mass is 467 g/mol. The number of nitrogens with zero attached hydrogens (tertiary/aromatic N) is 1. The van der Waals surface area contributed by atoms with Gasteiger partial charge in [-0.3, -0.25) is 0 Å². The Kier molecular flexibility index (Phi) is 5.08. The van der Waals surface area contributed by atoms with E-state index in [0.29, 0.717) is 0 Å². The summed E-state index contributed by atoms with van der Waals surface area (Å²) in [7, 11) is -1.45. The zero-order valence-corrected chi connectivity index (χ0v) is 22.9. The molecule has 0 aliphatic heterocycles. The minimum atomic E-state index is -1.45. The molecule has 0 unspecified atom stereocenters. The molecule has 0 aliphatic carbocycles. The van der Waals surface area contributed by atoms with Crippen molar-refractivity contribution in [1.82, 2.24) is 4.98 Å². The van der Waals surface area contributed by atoms with Crippen molar-refractivity contribution < 1.29 is 0 Å². The van der Waals surface area contributed by atoms with Crippen molar-refractivity contribution >= 4 is 55.7 Å². The first kappa shape index (κ1) is 22.3. The van der Waals surface area contributed by atoms with E-state index in [1.165, 1.54) is 48.5 Å². The Morgan fingerprint density at radius 3 is 2.27 bits per heavy atom. The summed E-state index contributed by atoms with van der Waals surface area (Å²) in [6.45, 7) is 18.7. The second-order valence-electron chi connectivity index (χ2n) is 11.5. The number of aromatic nitrogens is 1. The smallest absolute Gasteiger partial charge is 0.0904 e. The summed E-state index contributed by atoms with van der Waals surface area (Å²) >= 11 is 2.00. The molecule has 0 atom stereocenters. The summed E-state index contributed by atoms with van der Waals surface area (Å²) in [6, 6.07) is 20.5. The molecule has 2 heterocycles. The maximum absolute atomic E-state index is 5.34. The van der Waals surface area contributed by atoms with Crippen LogP contribution in [0.1, 0.15) is 37.5 Å². The molecule has 1 nitrogen and oxygen atoms in total. The number of hydrogen-bond donors (Lipinski definition) is 0. The van der Waals surface area contributed by atoms with E-state index in [1.54, 1.807) is 4.50 Å². The van der Waals surface area contributed by atoms with E-state index in [2.05, 4.69) is 109 Å². The van der Waals surface area contributed by atoms with Crippen LogP contribution in [0.4, 0.5) is 0 Å². The van der Waals surface area contributed by atoms with E-state index < -0.39 is 8.07 Å². The van der Waals surface area contributed by atoms with E-state index >= 15 is 0 Å². The van der Waals surface area contributed by atoms with Gasteiger partial charge in [-0.25, -0.2) is 4.98 Å². The molecule has 2 aromatic heterocycles. The van der Waals surface area contributed by atoms with Gasteiger partial charge in [0, 0.05) is 21.0 Å². The molecule has 33 heavy (non-hydrogen) atoms. The number of hydrogen-bond acceptors (Lipinski definition) is 2. The number of thiophene rings is 1. The lowest BCUT2D eigenvalue weighted by Gasteiger charge is -2.23. The van der Waals surface area contributed by atoms with Crippen LogP contribution in [-0.2, 0) is 5.41 Å². The van der Waals surface area contributed by atoms with Crippen molar-refractivity contribution in [2.45, 2.75) is 59.7 Å². The normalized spacial score (nSPS) is 12.8. The molecule has 0 saturated heterocycles. The van der Waals surface area contributed by atoms with Crippen molar-refractivity contribution in [2.24, 2.45) is 0 Å². The summed E-state index contributed by atoms with van der Waals surface area (Å²) in [4.78, 5) is 5.34. The fraction of sp³-hybridized carbons (Fsp3) is 0.300. The summed E-state index contributed by atoms with van der Waals surface area (Å²) in [5, 5.41) is 5.26. The molecule has 3 heteroatoms. The molecule has 0 bridgehead atoms. The van der Waals surface area contributed by atoms with Crippen LogP contribution in [0.3, 0.4) is 0 Å². The Bertz CT molecular complexity index is 1540. The summed E-state index contributed by atoms with van der Waals surface area (Å²) in [5.41, 5.74) is 7.50. The van der Waals surface area contributed by atoms with Gasteiger partial charge >= 0.3 is 0 Å². The van der Waals surface area contributed by atoms with Crippen molar-refractivity contribution in [3.63, 3.8) is 0 Å². The van der Waals surface area contributed by atoms with Gasteiger partial charge in [0.25, 0.3) is 0 Å². The Labute approximate surface area is 202 Å². The largest absolute Gasteiger partial charge is 0.247 e. The molecule has 0 spiro atoms. The van der Waals surface area contributed by atoms with Crippen LogP contribution in [0, 0.1) is 13.8 Å². The van der Waals surface area contributed by atoms with E-state index in [0.717, 1.165) is 11.2 Å². The van der Waals surface area contributed by atoms with E-state index in [1.807, 2.05) is 11.3 Å². The average Bonchev–Trinajstić information content (AvgIpc) is 3.17. The third-order valence-corrected chi connectivity index (χ3v) is 11.3. The molecule has 3 aromatic carbocycles. The minimum absolute atomic E-state index is 0.0525.